The Balaban J connectivity index is 1.75. The number of carboxylic acids is 1. The highest BCUT2D eigenvalue weighted by Crippen LogP contribution is 2.32. The minimum Gasteiger partial charge on any atom is -0.481 e. The van der Waals surface area contributed by atoms with Gasteiger partial charge in [0.05, 0.1) is 0 Å². The Morgan fingerprint density at radius 1 is 1.12 bits per heavy atom. The molecule has 0 atom stereocenters. The van der Waals surface area contributed by atoms with Gasteiger partial charge in [0.1, 0.15) is 5.75 Å². The third-order valence-corrected chi connectivity index (χ3v) is 3.78. The molecule has 0 saturated heterocycles. The second-order valence-electron chi connectivity index (χ2n) is 5.46. The first kappa shape index (κ1) is 17.7. The molecule has 3 rings (SSSR count). The van der Waals surface area contributed by atoms with Crippen molar-refractivity contribution in [2.24, 2.45) is 0 Å². The fourth-order valence-corrected chi connectivity index (χ4v) is 2.50. The molecule has 1 heterocycles. The highest BCUT2D eigenvalue weighted by molar-refractivity contribution is 6.31. The molecule has 7 heteroatoms. The van der Waals surface area contributed by atoms with Gasteiger partial charge in [0, 0.05) is 35.1 Å². The molecule has 3 aromatic rings. The number of hydrogen-bond acceptors (Lipinski definition) is 5. The van der Waals surface area contributed by atoms with E-state index in [1.807, 2.05) is 30.3 Å². The van der Waals surface area contributed by atoms with Crippen molar-refractivity contribution < 1.29 is 14.6 Å². The van der Waals surface area contributed by atoms with E-state index < -0.39 is 12.6 Å². The summed E-state index contributed by atoms with van der Waals surface area (Å²) in [6, 6.07) is 14.9. The SMILES string of the molecule is O=C(O)COc1ccc(Cl)cc1-c1cnc(NCc2ccccc2)nc1. The van der Waals surface area contributed by atoms with Crippen LogP contribution in [0.25, 0.3) is 11.1 Å². The maximum absolute atomic E-state index is 10.7. The van der Waals surface area contributed by atoms with Crippen molar-refractivity contribution in [2.75, 3.05) is 11.9 Å². The molecular weight excluding hydrogens is 354 g/mol. The van der Waals surface area contributed by atoms with Gasteiger partial charge in [-0.1, -0.05) is 41.9 Å². The summed E-state index contributed by atoms with van der Waals surface area (Å²) in [5, 5.41) is 12.5. The number of nitrogens with one attached hydrogen (secondary N) is 1. The zero-order valence-corrected chi connectivity index (χ0v) is 14.5. The normalized spacial score (nSPS) is 10.3. The minimum absolute atomic E-state index is 0.408. The number of anilines is 1. The van der Waals surface area contributed by atoms with E-state index >= 15 is 0 Å². The number of carbonyl (C=O) groups is 1. The topological polar surface area (TPSA) is 84.3 Å². The molecule has 132 valence electrons. The molecule has 2 N–H and O–H groups in total. The van der Waals surface area contributed by atoms with Gasteiger partial charge in [-0.15, -0.1) is 0 Å². The maximum Gasteiger partial charge on any atom is 0.341 e. The first-order valence-corrected chi connectivity index (χ1v) is 8.24. The van der Waals surface area contributed by atoms with Gasteiger partial charge >= 0.3 is 5.97 Å². The van der Waals surface area contributed by atoms with E-state index in [0.717, 1.165) is 5.56 Å². The predicted octanol–water partition coefficient (Wildman–Crippen LogP) is 3.87. The molecule has 0 aliphatic rings. The highest BCUT2D eigenvalue weighted by atomic mass is 35.5. The Morgan fingerprint density at radius 2 is 1.85 bits per heavy atom. The van der Waals surface area contributed by atoms with Gasteiger partial charge in [-0.05, 0) is 23.8 Å². The number of hydrogen-bond donors (Lipinski definition) is 2. The molecule has 0 aliphatic carbocycles. The van der Waals surface area contributed by atoms with E-state index in [2.05, 4.69) is 15.3 Å². The third kappa shape index (κ3) is 4.70. The van der Waals surface area contributed by atoms with Crippen molar-refractivity contribution in [2.45, 2.75) is 6.54 Å². The maximum atomic E-state index is 10.7. The molecule has 0 aliphatic heterocycles. The summed E-state index contributed by atoms with van der Waals surface area (Å²) in [5.74, 6) is -0.152. The first-order chi connectivity index (χ1) is 12.6. The monoisotopic (exact) mass is 369 g/mol. The van der Waals surface area contributed by atoms with Crippen LogP contribution in [0.15, 0.2) is 60.9 Å². The molecule has 2 aromatic carbocycles. The summed E-state index contributed by atoms with van der Waals surface area (Å²) in [5.41, 5.74) is 2.44. The van der Waals surface area contributed by atoms with Crippen molar-refractivity contribution in [3.63, 3.8) is 0 Å². The quantitative estimate of drug-likeness (QED) is 0.657. The number of nitrogens with zero attached hydrogens (tertiary/aromatic N) is 2. The molecule has 0 spiro atoms. The minimum atomic E-state index is -1.05. The molecule has 0 saturated carbocycles. The summed E-state index contributed by atoms with van der Waals surface area (Å²) >= 11 is 6.05. The molecule has 0 unspecified atom stereocenters. The molecule has 6 nitrogen and oxygen atoms in total. The zero-order valence-electron chi connectivity index (χ0n) is 13.7. The summed E-state index contributed by atoms with van der Waals surface area (Å²) < 4.78 is 5.31. The number of ether oxygens (including phenoxy) is 1. The van der Waals surface area contributed by atoms with Crippen LogP contribution in [-0.4, -0.2) is 27.7 Å². The van der Waals surface area contributed by atoms with Crippen LogP contribution in [0.1, 0.15) is 5.56 Å². The fourth-order valence-electron chi connectivity index (χ4n) is 2.33. The number of aromatic nitrogens is 2. The van der Waals surface area contributed by atoms with Crippen LogP contribution in [0.2, 0.25) is 5.02 Å². The third-order valence-electron chi connectivity index (χ3n) is 3.55. The summed E-state index contributed by atoms with van der Waals surface area (Å²) in [4.78, 5) is 19.3. The van der Waals surface area contributed by atoms with Crippen LogP contribution < -0.4 is 10.1 Å². The van der Waals surface area contributed by atoms with Crippen molar-refractivity contribution in [1.29, 1.82) is 0 Å². The predicted molar refractivity (Wildman–Crippen MR) is 99.4 cm³/mol. The molecular formula is C19H16ClN3O3. The number of carboxylic acid groups (broad SMARTS) is 1. The average molecular weight is 370 g/mol. The van der Waals surface area contributed by atoms with Gasteiger partial charge in [0.25, 0.3) is 0 Å². The van der Waals surface area contributed by atoms with E-state index in [4.69, 9.17) is 21.4 Å². The van der Waals surface area contributed by atoms with Gasteiger partial charge in [-0.25, -0.2) is 14.8 Å². The van der Waals surface area contributed by atoms with Crippen molar-refractivity contribution in [3.8, 4) is 16.9 Å². The van der Waals surface area contributed by atoms with E-state index in [9.17, 15) is 4.79 Å². The van der Waals surface area contributed by atoms with Crippen molar-refractivity contribution in [3.05, 3.63) is 71.5 Å². The van der Waals surface area contributed by atoms with Crippen molar-refractivity contribution >= 4 is 23.5 Å². The van der Waals surface area contributed by atoms with E-state index in [1.165, 1.54) is 0 Å². The lowest BCUT2D eigenvalue weighted by Crippen LogP contribution is -2.10. The lowest BCUT2D eigenvalue weighted by atomic mass is 10.1. The highest BCUT2D eigenvalue weighted by Gasteiger charge is 2.10. The number of benzene rings is 2. The van der Waals surface area contributed by atoms with E-state index in [0.29, 0.717) is 34.4 Å². The van der Waals surface area contributed by atoms with E-state index in [1.54, 1.807) is 30.6 Å². The zero-order chi connectivity index (χ0) is 18.4. The Morgan fingerprint density at radius 3 is 2.54 bits per heavy atom. The summed E-state index contributed by atoms with van der Waals surface area (Å²) in [6.07, 6.45) is 3.28. The number of rotatable bonds is 7. The van der Waals surface area contributed by atoms with Crippen molar-refractivity contribution in [1.82, 2.24) is 9.97 Å². The fraction of sp³-hybridized carbons (Fsp3) is 0.105. The average Bonchev–Trinajstić information content (AvgIpc) is 2.66. The van der Waals surface area contributed by atoms with Gasteiger partial charge in [0.15, 0.2) is 6.61 Å². The van der Waals surface area contributed by atoms with Crippen LogP contribution in [-0.2, 0) is 11.3 Å². The first-order valence-electron chi connectivity index (χ1n) is 7.86. The van der Waals surface area contributed by atoms with Crippen LogP contribution in [0.5, 0.6) is 5.75 Å². The van der Waals surface area contributed by atoms with Crippen LogP contribution in [0.4, 0.5) is 5.95 Å². The Bertz CT molecular complexity index is 886. The summed E-state index contributed by atoms with van der Waals surface area (Å²) in [6.45, 7) is 0.177. The number of halogens is 1. The van der Waals surface area contributed by atoms with Gasteiger partial charge in [-0.2, -0.15) is 0 Å². The van der Waals surface area contributed by atoms with Gasteiger partial charge < -0.3 is 15.2 Å². The second-order valence-corrected chi connectivity index (χ2v) is 5.89. The molecule has 0 amide bonds. The molecule has 0 bridgehead atoms. The Hall–Kier alpha value is -3.12. The molecule has 0 fully saturated rings. The largest absolute Gasteiger partial charge is 0.481 e. The molecule has 26 heavy (non-hydrogen) atoms. The summed E-state index contributed by atoms with van der Waals surface area (Å²) in [7, 11) is 0. The molecule has 1 aromatic heterocycles. The van der Waals surface area contributed by atoms with E-state index in [-0.39, 0.29) is 0 Å². The second kappa shape index (κ2) is 8.31. The van der Waals surface area contributed by atoms with Gasteiger partial charge in [-0.3, -0.25) is 0 Å². The van der Waals surface area contributed by atoms with Crippen LogP contribution >= 0.6 is 11.6 Å². The Labute approximate surface area is 155 Å². The smallest absolute Gasteiger partial charge is 0.341 e. The van der Waals surface area contributed by atoms with Crippen LogP contribution in [0, 0.1) is 0 Å². The van der Waals surface area contributed by atoms with Crippen LogP contribution in [0.3, 0.4) is 0 Å². The standard InChI is InChI=1S/C19H16ClN3O3/c20-15-6-7-17(26-12-18(24)25)16(8-15)14-10-22-19(23-11-14)21-9-13-4-2-1-3-5-13/h1-8,10-11H,9,12H2,(H,24,25)(H,21,22,23). The van der Waals surface area contributed by atoms with Gasteiger partial charge in [0.2, 0.25) is 5.95 Å². The lowest BCUT2D eigenvalue weighted by Gasteiger charge is -2.11. The Kier molecular flexibility index (Phi) is 5.66. The number of aliphatic carboxylic acids is 1. The lowest BCUT2D eigenvalue weighted by molar-refractivity contribution is -0.139. The molecule has 0 radical (unpaired) electrons.